The molecule has 0 saturated heterocycles. The van der Waals surface area contributed by atoms with E-state index in [1.165, 1.54) is 7.11 Å². The van der Waals surface area contributed by atoms with Crippen molar-refractivity contribution in [1.82, 2.24) is 9.55 Å². The number of fused-ring (bicyclic) bond motifs is 1. The molecule has 0 aliphatic carbocycles. The number of rotatable bonds is 6. The van der Waals surface area contributed by atoms with E-state index >= 15 is 0 Å². The fraction of sp³-hybridized carbons (Fsp3) is 0.357. The molecule has 0 aliphatic heterocycles. The van der Waals surface area contributed by atoms with Gasteiger partial charge in [0.1, 0.15) is 0 Å². The summed E-state index contributed by atoms with van der Waals surface area (Å²) in [5.41, 5.74) is 2.76. The van der Waals surface area contributed by atoms with E-state index < -0.39 is 5.97 Å². The van der Waals surface area contributed by atoms with Crippen LogP contribution in [0.3, 0.4) is 0 Å². The molecule has 0 aliphatic rings. The summed E-state index contributed by atoms with van der Waals surface area (Å²) in [5.74, 6) is -1.27. The largest absolute Gasteiger partial charge is 0.481 e. The first kappa shape index (κ1) is 15.4. The van der Waals surface area contributed by atoms with Gasteiger partial charge in [-0.2, -0.15) is 0 Å². The number of para-hydroxylation sites is 1. The van der Waals surface area contributed by atoms with Gasteiger partial charge in [-0.3, -0.25) is 9.59 Å². The van der Waals surface area contributed by atoms with Gasteiger partial charge in [0, 0.05) is 6.54 Å². The van der Waals surface area contributed by atoms with E-state index in [-0.39, 0.29) is 18.1 Å². The number of nitrogens with zero attached hydrogens (tertiary/aromatic N) is 2. The number of benzene rings is 1. The predicted octanol–water partition coefficient (Wildman–Crippen LogP) is 2.08. The van der Waals surface area contributed by atoms with Crippen LogP contribution in [0.4, 0.5) is 0 Å². The van der Waals surface area contributed by atoms with Gasteiger partial charge in [-0.15, -0.1) is 0 Å². The molecular weight excluding hydrogens is 292 g/mol. The summed E-state index contributed by atoms with van der Waals surface area (Å²) in [6.07, 6.45) is 0.219. The Bertz CT molecular complexity index is 681. The summed E-state index contributed by atoms with van der Waals surface area (Å²) in [5, 5.41) is 9.42. The molecule has 0 fully saturated rings. The second kappa shape index (κ2) is 6.62. The SMILES string of the molecule is COC(=O)CCn1c(SCC(=O)O)nc2cccc(C)c21. The number of hydrogen-bond acceptors (Lipinski definition) is 5. The van der Waals surface area contributed by atoms with E-state index in [1.807, 2.05) is 29.7 Å². The van der Waals surface area contributed by atoms with E-state index in [0.717, 1.165) is 28.4 Å². The van der Waals surface area contributed by atoms with Crippen LogP contribution in [-0.4, -0.2) is 39.5 Å². The van der Waals surface area contributed by atoms with Crippen LogP contribution in [0, 0.1) is 6.92 Å². The smallest absolute Gasteiger partial charge is 0.313 e. The molecule has 0 spiro atoms. The van der Waals surface area contributed by atoms with E-state index in [4.69, 9.17) is 5.11 Å². The maximum Gasteiger partial charge on any atom is 0.313 e. The Morgan fingerprint density at radius 3 is 2.86 bits per heavy atom. The van der Waals surface area contributed by atoms with Gasteiger partial charge < -0.3 is 14.4 Å². The Morgan fingerprint density at radius 2 is 2.19 bits per heavy atom. The number of imidazole rings is 1. The molecule has 0 unspecified atom stereocenters. The minimum Gasteiger partial charge on any atom is -0.481 e. The topological polar surface area (TPSA) is 81.4 Å². The van der Waals surface area contributed by atoms with Crippen LogP contribution in [0.2, 0.25) is 0 Å². The highest BCUT2D eigenvalue weighted by atomic mass is 32.2. The third kappa shape index (κ3) is 3.55. The summed E-state index contributed by atoms with van der Waals surface area (Å²) in [4.78, 5) is 26.6. The molecule has 2 aromatic rings. The van der Waals surface area contributed by atoms with Crippen molar-refractivity contribution < 1.29 is 19.4 Å². The zero-order chi connectivity index (χ0) is 15.4. The molecule has 6 nitrogen and oxygen atoms in total. The quantitative estimate of drug-likeness (QED) is 0.650. The lowest BCUT2D eigenvalue weighted by atomic mass is 10.2. The molecule has 0 radical (unpaired) electrons. The lowest BCUT2D eigenvalue weighted by Crippen LogP contribution is -2.09. The number of aromatic nitrogens is 2. The van der Waals surface area contributed by atoms with Crippen LogP contribution in [0.1, 0.15) is 12.0 Å². The zero-order valence-electron chi connectivity index (χ0n) is 11.8. The summed E-state index contributed by atoms with van der Waals surface area (Å²) < 4.78 is 6.54. The number of carboxylic acids is 1. The molecule has 1 heterocycles. The number of carbonyl (C=O) groups excluding carboxylic acids is 1. The van der Waals surface area contributed by atoms with Crippen LogP contribution in [0.25, 0.3) is 11.0 Å². The van der Waals surface area contributed by atoms with E-state index in [0.29, 0.717) is 11.7 Å². The van der Waals surface area contributed by atoms with Crippen molar-refractivity contribution in [3.8, 4) is 0 Å². The number of esters is 1. The van der Waals surface area contributed by atoms with Crippen molar-refractivity contribution >= 4 is 34.7 Å². The maximum atomic E-state index is 11.3. The summed E-state index contributed by atoms with van der Waals surface area (Å²) in [6, 6.07) is 5.74. The number of aliphatic carboxylic acids is 1. The first-order valence-electron chi connectivity index (χ1n) is 6.40. The van der Waals surface area contributed by atoms with Gasteiger partial charge in [-0.25, -0.2) is 4.98 Å². The third-order valence-electron chi connectivity index (χ3n) is 3.03. The number of carbonyl (C=O) groups is 2. The molecule has 21 heavy (non-hydrogen) atoms. The zero-order valence-corrected chi connectivity index (χ0v) is 12.6. The second-order valence-corrected chi connectivity index (χ2v) is 5.44. The van der Waals surface area contributed by atoms with Crippen molar-refractivity contribution in [2.75, 3.05) is 12.9 Å². The Hall–Kier alpha value is -2.02. The number of hydrogen-bond donors (Lipinski definition) is 1. The fourth-order valence-corrected chi connectivity index (χ4v) is 2.85. The average Bonchev–Trinajstić information content (AvgIpc) is 2.81. The van der Waals surface area contributed by atoms with Gasteiger partial charge >= 0.3 is 11.9 Å². The first-order valence-corrected chi connectivity index (χ1v) is 7.38. The van der Waals surface area contributed by atoms with Gasteiger partial charge in [0.05, 0.1) is 30.3 Å². The normalized spacial score (nSPS) is 10.8. The standard InChI is InChI=1S/C14H16N2O4S/c1-9-4-3-5-10-13(9)16(7-6-12(19)20-2)14(15-10)21-8-11(17)18/h3-5H,6-8H2,1-2H3,(H,17,18). The molecule has 1 aromatic carbocycles. The molecule has 1 N–H and O–H groups in total. The monoisotopic (exact) mass is 308 g/mol. The molecule has 2 rings (SSSR count). The van der Waals surface area contributed by atoms with Crippen LogP contribution in [0.15, 0.2) is 23.4 Å². The summed E-state index contributed by atoms with van der Waals surface area (Å²) >= 11 is 1.15. The highest BCUT2D eigenvalue weighted by Gasteiger charge is 2.15. The highest BCUT2D eigenvalue weighted by Crippen LogP contribution is 2.26. The lowest BCUT2D eigenvalue weighted by molar-refractivity contribution is -0.141. The van der Waals surface area contributed by atoms with Crippen molar-refractivity contribution in [2.45, 2.75) is 25.0 Å². The Kier molecular flexibility index (Phi) is 4.85. The molecule has 112 valence electrons. The molecule has 0 saturated carbocycles. The maximum absolute atomic E-state index is 11.3. The molecule has 7 heteroatoms. The minimum atomic E-state index is -0.900. The Labute approximate surface area is 126 Å². The first-order chi connectivity index (χ1) is 10.0. The predicted molar refractivity (Wildman–Crippen MR) is 79.5 cm³/mol. The number of carboxylic acid groups (broad SMARTS) is 1. The van der Waals surface area contributed by atoms with Crippen LogP contribution in [-0.2, 0) is 20.9 Å². The lowest BCUT2D eigenvalue weighted by Gasteiger charge is -2.08. The number of ether oxygens (including phenoxy) is 1. The van der Waals surface area contributed by atoms with Crippen molar-refractivity contribution in [2.24, 2.45) is 0 Å². The van der Waals surface area contributed by atoms with E-state index in [9.17, 15) is 9.59 Å². The van der Waals surface area contributed by atoms with E-state index in [2.05, 4.69) is 9.72 Å². The Morgan fingerprint density at radius 1 is 1.43 bits per heavy atom. The minimum absolute atomic E-state index is 0.0689. The van der Waals surface area contributed by atoms with Crippen LogP contribution >= 0.6 is 11.8 Å². The van der Waals surface area contributed by atoms with E-state index in [1.54, 1.807) is 0 Å². The molecule has 0 amide bonds. The van der Waals surface area contributed by atoms with Crippen LogP contribution < -0.4 is 0 Å². The van der Waals surface area contributed by atoms with Crippen molar-refractivity contribution in [3.05, 3.63) is 23.8 Å². The number of thioether (sulfide) groups is 1. The molecule has 0 atom stereocenters. The Balaban J connectivity index is 2.38. The van der Waals surface area contributed by atoms with Crippen molar-refractivity contribution in [3.63, 3.8) is 0 Å². The van der Waals surface area contributed by atoms with Crippen molar-refractivity contribution in [1.29, 1.82) is 0 Å². The summed E-state index contributed by atoms with van der Waals surface area (Å²) in [6.45, 7) is 2.38. The van der Waals surface area contributed by atoms with Gasteiger partial charge in [0.2, 0.25) is 0 Å². The van der Waals surface area contributed by atoms with Gasteiger partial charge in [-0.1, -0.05) is 23.9 Å². The third-order valence-corrected chi connectivity index (χ3v) is 3.99. The fourth-order valence-electron chi connectivity index (χ4n) is 2.09. The number of methoxy groups -OCH3 is 1. The number of aryl methyl sites for hydroxylation is 2. The molecule has 0 bridgehead atoms. The second-order valence-electron chi connectivity index (χ2n) is 4.50. The van der Waals surface area contributed by atoms with Gasteiger partial charge in [0.25, 0.3) is 0 Å². The molecular formula is C14H16N2O4S. The summed E-state index contributed by atoms with van der Waals surface area (Å²) in [7, 11) is 1.35. The van der Waals surface area contributed by atoms with Gasteiger partial charge in [0.15, 0.2) is 5.16 Å². The highest BCUT2D eigenvalue weighted by molar-refractivity contribution is 7.99. The van der Waals surface area contributed by atoms with Gasteiger partial charge in [-0.05, 0) is 18.6 Å². The molecule has 1 aromatic heterocycles. The average molecular weight is 308 g/mol. The van der Waals surface area contributed by atoms with Crippen LogP contribution in [0.5, 0.6) is 0 Å².